The van der Waals surface area contributed by atoms with E-state index in [0.717, 1.165) is 0 Å². The normalized spacial score (nSPS) is 12.1. The molecule has 0 fully saturated rings. The zero-order valence-electron chi connectivity index (χ0n) is 9.22. The first-order chi connectivity index (χ1) is 8.13. The zero-order valence-corrected chi connectivity index (χ0v) is 9.98. The first kappa shape index (κ1) is 13.3. The number of amides is 1. The van der Waals surface area contributed by atoms with Gasteiger partial charge in [-0.1, -0.05) is 29.8 Å². The second-order valence-corrected chi connectivity index (χ2v) is 3.77. The molecule has 0 aliphatic carbocycles. The molecule has 1 atom stereocenters. The summed E-state index contributed by atoms with van der Waals surface area (Å²) in [5, 5.41) is 2.54. The molecule has 90 valence electrons. The van der Waals surface area contributed by atoms with E-state index in [1.807, 2.05) is 0 Å². The van der Waals surface area contributed by atoms with Gasteiger partial charge >= 0.3 is 6.09 Å². The van der Waals surface area contributed by atoms with Gasteiger partial charge in [-0.3, -0.25) is 10.1 Å². The Morgan fingerprint density at radius 3 is 2.82 bits per heavy atom. The zero-order chi connectivity index (χ0) is 12.7. The number of hydrogen-bond acceptors (Lipinski definition) is 3. The Kier molecular flexibility index (Phi) is 5.23. The lowest BCUT2D eigenvalue weighted by molar-refractivity contribution is -0.104. The van der Waals surface area contributed by atoms with E-state index < -0.39 is 11.7 Å². The van der Waals surface area contributed by atoms with Gasteiger partial charge in [-0.2, -0.15) is 0 Å². The van der Waals surface area contributed by atoms with Crippen LogP contribution < -0.4 is 5.32 Å². The summed E-state index contributed by atoms with van der Waals surface area (Å²) in [4.78, 5) is 21.6. The number of alkyl halides is 1. The molecule has 0 saturated heterocycles. The fourth-order valence-corrected chi connectivity index (χ4v) is 1.27. The van der Waals surface area contributed by atoms with Gasteiger partial charge in [0.15, 0.2) is 5.56 Å². The van der Waals surface area contributed by atoms with Crippen molar-refractivity contribution >= 4 is 35.7 Å². The van der Waals surface area contributed by atoms with Crippen LogP contribution in [0.3, 0.4) is 0 Å². The molecule has 1 amide bonds. The summed E-state index contributed by atoms with van der Waals surface area (Å²) < 4.78 is 4.74. The number of nitrogens with one attached hydrogen (secondary N) is 1. The van der Waals surface area contributed by atoms with Crippen LogP contribution in [0, 0.1) is 0 Å². The van der Waals surface area contributed by atoms with Crippen molar-refractivity contribution < 1.29 is 14.3 Å². The molecule has 1 unspecified atom stereocenters. The Morgan fingerprint density at radius 2 is 2.18 bits per heavy atom. The number of ether oxygens (including phenoxy) is 1. The van der Waals surface area contributed by atoms with E-state index in [1.54, 1.807) is 37.3 Å². The number of rotatable bonds is 4. The number of halogens is 1. The summed E-state index contributed by atoms with van der Waals surface area (Å²) in [6.45, 7) is 1.54. The number of carbonyl (C=O) groups excluding carboxylic acids is 2. The van der Waals surface area contributed by atoms with Crippen molar-refractivity contribution in [2.45, 2.75) is 12.5 Å². The standard InChI is InChI=1S/C12H12ClNO3/c1-9(13)17-12(16)14-11-7-3-2-5-10(11)6-4-8-15/h2-9H,1H3,(H,14,16)/b6-4+. The average molecular weight is 254 g/mol. The minimum atomic E-state index is -0.701. The van der Waals surface area contributed by atoms with Crippen LogP contribution in [0.25, 0.3) is 6.08 Å². The first-order valence-electron chi connectivity index (χ1n) is 4.96. The van der Waals surface area contributed by atoms with Crippen molar-refractivity contribution in [1.82, 2.24) is 0 Å². The van der Waals surface area contributed by atoms with Crippen LogP contribution in [0.4, 0.5) is 10.5 Å². The van der Waals surface area contributed by atoms with Crippen molar-refractivity contribution in [1.29, 1.82) is 0 Å². The summed E-state index contributed by atoms with van der Waals surface area (Å²) in [5.74, 6) is 0. The summed E-state index contributed by atoms with van der Waals surface area (Å²) in [6, 6.07) is 7.02. The molecule has 1 N–H and O–H groups in total. The summed E-state index contributed by atoms with van der Waals surface area (Å²) >= 11 is 5.52. The minimum Gasteiger partial charge on any atom is -0.430 e. The van der Waals surface area contributed by atoms with E-state index in [0.29, 0.717) is 17.5 Å². The lowest BCUT2D eigenvalue weighted by atomic mass is 10.1. The quantitative estimate of drug-likeness (QED) is 0.510. The van der Waals surface area contributed by atoms with Crippen LogP contribution in [0.1, 0.15) is 12.5 Å². The van der Waals surface area contributed by atoms with Crippen molar-refractivity contribution in [3.8, 4) is 0 Å². The number of carbonyl (C=O) groups is 2. The van der Waals surface area contributed by atoms with Gasteiger partial charge in [0.25, 0.3) is 0 Å². The molecule has 1 aromatic rings. The van der Waals surface area contributed by atoms with Gasteiger partial charge in [0, 0.05) is 0 Å². The smallest absolute Gasteiger partial charge is 0.413 e. The fraction of sp³-hybridized carbons (Fsp3) is 0.167. The SMILES string of the molecule is CC(Cl)OC(=O)Nc1ccccc1/C=C/C=O. The van der Waals surface area contributed by atoms with Gasteiger partial charge in [-0.05, 0) is 30.7 Å². The molecule has 17 heavy (non-hydrogen) atoms. The van der Waals surface area contributed by atoms with E-state index in [2.05, 4.69) is 5.32 Å². The highest BCUT2D eigenvalue weighted by atomic mass is 35.5. The van der Waals surface area contributed by atoms with Gasteiger partial charge < -0.3 is 4.74 Å². The number of hydrogen-bond donors (Lipinski definition) is 1. The molecule has 0 spiro atoms. The Hall–Kier alpha value is -1.81. The van der Waals surface area contributed by atoms with E-state index in [4.69, 9.17) is 16.3 Å². The third-order valence-corrected chi connectivity index (χ3v) is 1.91. The predicted molar refractivity (Wildman–Crippen MR) is 67.0 cm³/mol. The molecule has 0 heterocycles. The number of benzene rings is 1. The largest absolute Gasteiger partial charge is 0.430 e. The maximum absolute atomic E-state index is 11.3. The monoisotopic (exact) mass is 253 g/mol. The highest BCUT2D eigenvalue weighted by Gasteiger charge is 2.08. The van der Waals surface area contributed by atoms with Crippen molar-refractivity contribution in [2.75, 3.05) is 5.32 Å². The van der Waals surface area contributed by atoms with Crippen LogP contribution in [-0.2, 0) is 9.53 Å². The van der Waals surface area contributed by atoms with Crippen LogP contribution in [0.15, 0.2) is 30.3 Å². The fourth-order valence-electron chi connectivity index (χ4n) is 1.19. The second-order valence-electron chi connectivity index (χ2n) is 3.16. The molecule has 1 rings (SSSR count). The summed E-state index contributed by atoms with van der Waals surface area (Å²) in [7, 11) is 0. The molecule has 4 nitrogen and oxygen atoms in total. The van der Waals surface area contributed by atoms with E-state index in [9.17, 15) is 9.59 Å². The predicted octanol–water partition coefficient (Wildman–Crippen LogP) is 3.03. The van der Waals surface area contributed by atoms with Crippen LogP contribution in [0.2, 0.25) is 0 Å². The van der Waals surface area contributed by atoms with Crippen LogP contribution in [-0.4, -0.2) is 17.9 Å². The first-order valence-corrected chi connectivity index (χ1v) is 5.39. The van der Waals surface area contributed by atoms with Gasteiger partial charge in [-0.15, -0.1) is 0 Å². The third kappa shape index (κ3) is 4.70. The molecule has 0 saturated carbocycles. The minimum absolute atomic E-state index is 0.549. The van der Waals surface area contributed by atoms with Crippen molar-refractivity contribution in [3.63, 3.8) is 0 Å². The van der Waals surface area contributed by atoms with E-state index >= 15 is 0 Å². The summed E-state index contributed by atoms with van der Waals surface area (Å²) in [5.41, 5.74) is 0.555. The number of allylic oxidation sites excluding steroid dienone is 1. The molecule has 0 radical (unpaired) electrons. The topological polar surface area (TPSA) is 55.4 Å². The molecule has 1 aromatic carbocycles. The van der Waals surface area contributed by atoms with Gasteiger partial charge in [0.1, 0.15) is 6.29 Å². The second kappa shape index (κ2) is 6.70. The van der Waals surface area contributed by atoms with Gasteiger partial charge in [0.2, 0.25) is 0 Å². The average Bonchev–Trinajstić information content (AvgIpc) is 2.26. The lowest BCUT2D eigenvalue weighted by Gasteiger charge is -2.10. The molecule has 0 aromatic heterocycles. The number of para-hydroxylation sites is 1. The Bertz CT molecular complexity index is 430. The molecule has 5 heteroatoms. The van der Waals surface area contributed by atoms with Crippen LogP contribution >= 0.6 is 11.6 Å². The molecule has 0 aliphatic rings. The number of aldehydes is 1. The molecule has 0 aliphatic heterocycles. The van der Waals surface area contributed by atoms with Gasteiger partial charge in [0.05, 0.1) is 5.69 Å². The van der Waals surface area contributed by atoms with Crippen molar-refractivity contribution in [3.05, 3.63) is 35.9 Å². The molecular weight excluding hydrogens is 242 g/mol. The highest BCUT2D eigenvalue weighted by molar-refractivity contribution is 6.20. The molecular formula is C12H12ClNO3. The summed E-state index contributed by atoms with van der Waals surface area (Å²) in [6.07, 6.45) is 2.96. The van der Waals surface area contributed by atoms with Gasteiger partial charge in [-0.25, -0.2) is 4.79 Å². The highest BCUT2D eigenvalue weighted by Crippen LogP contribution is 2.17. The Morgan fingerprint density at radius 1 is 1.47 bits per heavy atom. The Labute approximate surface area is 104 Å². The third-order valence-electron chi connectivity index (χ3n) is 1.82. The maximum Gasteiger partial charge on any atom is 0.413 e. The maximum atomic E-state index is 11.3. The van der Waals surface area contributed by atoms with E-state index in [1.165, 1.54) is 6.08 Å². The van der Waals surface area contributed by atoms with Crippen molar-refractivity contribution in [2.24, 2.45) is 0 Å². The Balaban J connectivity index is 2.79. The molecule has 0 bridgehead atoms. The van der Waals surface area contributed by atoms with E-state index in [-0.39, 0.29) is 0 Å². The lowest BCUT2D eigenvalue weighted by Crippen LogP contribution is -2.17. The van der Waals surface area contributed by atoms with Crippen LogP contribution in [0.5, 0.6) is 0 Å². The number of anilines is 1.